The molecular formula is C17H14BrClFNO3. The van der Waals surface area contributed by atoms with Gasteiger partial charge < -0.3 is 14.8 Å². The van der Waals surface area contributed by atoms with Crippen molar-refractivity contribution < 1.29 is 18.7 Å². The van der Waals surface area contributed by atoms with Crippen LogP contribution in [-0.4, -0.2) is 20.1 Å². The summed E-state index contributed by atoms with van der Waals surface area (Å²) in [5.74, 6) is -0.0870. The molecular weight excluding hydrogens is 401 g/mol. The lowest BCUT2D eigenvalue weighted by Gasteiger charge is -2.12. The zero-order chi connectivity index (χ0) is 17.7. The first kappa shape index (κ1) is 18.3. The summed E-state index contributed by atoms with van der Waals surface area (Å²) in [6.45, 7) is 0. The third kappa shape index (κ3) is 4.49. The van der Waals surface area contributed by atoms with Gasteiger partial charge in [-0.25, -0.2) is 4.39 Å². The van der Waals surface area contributed by atoms with Gasteiger partial charge in [-0.1, -0.05) is 27.5 Å². The number of hydrogen-bond acceptors (Lipinski definition) is 3. The van der Waals surface area contributed by atoms with Crippen molar-refractivity contribution in [2.45, 2.75) is 0 Å². The van der Waals surface area contributed by atoms with Crippen LogP contribution < -0.4 is 14.8 Å². The average molecular weight is 415 g/mol. The topological polar surface area (TPSA) is 47.6 Å². The quantitative estimate of drug-likeness (QED) is 0.707. The van der Waals surface area contributed by atoms with Crippen LogP contribution in [0, 0.1) is 5.82 Å². The largest absolute Gasteiger partial charge is 0.495 e. The number of hydrogen-bond donors (Lipinski definition) is 1. The Morgan fingerprint density at radius 1 is 1.21 bits per heavy atom. The maximum Gasteiger partial charge on any atom is 0.248 e. The predicted molar refractivity (Wildman–Crippen MR) is 96.3 cm³/mol. The van der Waals surface area contributed by atoms with Crippen molar-refractivity contribution in [3.05, 3.63) is 57.3 Å². The number of carbonyl (C=O) groups is 1. The molecule has 0 spiro atoms. The molecule has 4 nitrogen and oxygen atoms in total. The van der Waals surface area contributed by atoms with Crippen molar-refractivity contribution in [3.8, 4) is 11.5 Å². The molecule has 0 aliphatic heterocycles. The molecule has 2 aromatic carbocycles. The van der Waals surface area contributed by atoms with E-state index in [1.807, 2.05) is 0 Å². The number of benzene rings is 2. The van der Waals surface area contributed by atoms with Gasteiger partial charge >= 0.3 is 0 Å². The summed E-state index contributed by atoms with van der Waals surface area (Å²) in [5, 5.41) is 3.00. The Bertz CT molecular complexity index is 796. The maximum absolute atomic E-state index is 13.7. The van der Waals surface area contributed by atoms with E-state index in [0.29, 0.717) is 32.2 Å². The molecule has 0 heterocycles. The van der Waals surface area contributed by atoms with Crippen LogP contribution in [0.2, 0.25) is 5.02 Å². The molecule has 1 N–H and O–H groups in total. The Hall–Kier alpha value is -2.05. The lowest BCUT2D eigenvalue weighted by molar-refractivity contribution is -0.111. The van der Waals surface area contributed by atoms with Crippen LogP contribution in [0.4, 0.5) is 10.1 Å². The van der Waals surface area contributed by atoms with Gasteiger partial charge in [-0.3, -0.25) is 4.79 Å². The van der Waals surface area contributed by atoms with Gasteiger partial charge in [0.25, 0.3) is 0 Å². The van der Waals surface area contributed by atoms with Gasteiger partial charge in [0.15, 0.2) is 0 Å². The molecule has 0 fully saturated rings. The molecule has 0 saturated carbocycles. The molecule has 0 aliphatic rings. The second-order valence-corrected chi connectivity index (χ2v) is 6.00. The van der Waals surface area contributed by atoms with Gasteiger partial charge in [0.05, 0.1) is 24.9 Å². The summed E-state index contributed by atoms with van der Waals surface area (Å²) in [4.78, 5) is 12.1. The molecule has 0 bridgehead atoms. The summed E-state index contributed by atoms with van der Waals surface area (Å²) in [6.07, 6.45) is 2.61. The van der Waals surface area contributed by atoms with Crippen LogP contribution in [0.5, 0.6) is 11.5 Å². The van der Waals surface area contributed by atoms with Crippen LogP contribution >= 0.6 is 27.5 Å². The molecule has 2 rings (SSSR count). The molecule has 0 aromatic heterocycles. The molecule has 0 unspecified atom stereocenters. The van der Waals surface area contributed by atoms with E-state index in [4.69, 9.17) is 21.1 Å². The van der Waals surface area contributed by atoms with E-state index in [2.05, 4.69) is 21.2 Å². The predicted octanol–water partition coefficient (Wildman–Crippen LogP) is 4.91. The van der Waals surface area contributed by atoms with E-state index in [1.165, 1.54) is 38.5 Å². The Labute approximate surface area is 152 Å². The Morgan fingerprint density at radius 2 is 1.92 bits per heavy atom. The summed E-state index contributed by atoms with van der Waals surface area (Å²) in [6, 6.07) is 7.55. The number of ether oxygens (including phenoxy) is 2. The molecule has 24 heavy (non-hydrogen) atoms. The normalized spacial score (nSPS) is 10.7. The van der Waals surface area contributed by atoms with Gasteiger partial charge in [-0.05, 0) is 24.3 Å². The van der Waals surface area contributed by atoms with Crippen LogP contribution in [0.15, 0.2) is 40.9 Å². The second-order valence-electron chi connectivity index (χ2n) is 4.68. The van der Waals surface area contributed by atoms with Crippen molar-refractivity contribution in [1.29, 1.82) is 0 Å². The van der Waals surface area contributed by atoms with Crippen LogP contribution in [-0.2, 0) is 4.79 Å². The third-order valence-corrected chi connectivity index (χ3v) is 3.89. The smallest absolute Gasteiger partial charge is 0.248 e. The first-order chi connectivity index (χ1) is 11.4. The third-order valence-electron chi connectivity index (χ3n) is 3.10. The second kappa shape index (κ2) is 8.17. The van der Waals surface area contributed by atoms with E-state index >= 15 is 0 Å². The van der Waals surface area contributed by atoms with E-state index in [-0.39, 0.29) is 0 Å². The lowest BCUT2D eigenvalue weighted by atomic mass is 10.2. The summed E-state index contributed by atoms with van der Waals surface area (Å²) < 4.78 is 24.7. The summed E-state index contributed by atoms with van der Waals surface area (Å²) in [5.41, 5.74) is 0.684. The van der Waals surface area contributed by atoms with Crippen molar-refractivity contribution in [2.75, 3.05) is 19.5 Å². The highest BCUT2D eigenvalue weighted by Gasteiger charge is 2.11. The van der Waals surface area contributed by atoms with E-state index in [0.717, 1.165) is 0 Å². The van der Waals surface area contributed by atoms with Crippen LogP contribution in [0.1, 0.15) is 5.56 Å². The molecule has 0 atom stereocenters. The van der Waals surface area contributed by atoms with Gasteiger partial charge in [-0.2, -0.15) is 0 Å². The number of nitrogens with one attached hydrogen (secondary N) is 1. The molecule has 0 aliphatic carbocycles. The van der Waals surface area contributed by atoms with Crippen molar-refractivity contribution in [2.24, 2.45) is 0 Å². The minimum atomic E-state index is -0.447. The Balaban J connectivity index is 2.20. The minimum absolute atomic E-state index is 0.292. The highest BCUT2D eigenvalue weighted by atomic mass is 79.9. The number of anilines is 1. The van der Waals surface area contributed by atoms with E-state index < -0.39 is 11.7 Å². The van der Waals surface area contributed by atoms with E-state index in [9.17, 15) is 9.18 Å². The molecule has 0 radical (unpaired) electrons. The van der Waals surface area contributed by atoms with Crippen LogP contribution in [0.3, 0.4) is 0 Å². The monoisotopic (exact) mass is 413 g/mol. The summed E-state index contributed by atoms with van der Waals surface area (Å²) >= 11 is 9.27. The maximum atomic E-state index is 13.7. The zero-order valence-electron chi connectivity index (χ0n) is 12.9. The number of methoxy groups -OCH3 is 2. The zero-order valence-corrected chi connectivity index (χ0v) is 15.2. The van der Waals surface area contributed by atoms with Gasteiger partial charge in [0.2, 0.25) is 5.91 Å². The van der Waals surface area contributed by atoms with Gasteiger partial charge in [0.1, 0.15) is 17.3 Å². The standard InChI is InChI=1S/C17H14BrClFNO3/c1-23-15-9-14(16(24-2)8-12(15)19)21-17(22)6-3-10-7-11(18)4-5-13(10)20/h3-9H,1-2H3,(H,21,22)/b6-3+. The molecule has 126 valence electrons. The Kier molecular flexibility index (Phi) is 6.23. The SMILES string of the molecule is COc1cc(NC(=O)/C=C/c2cc(Br)ccc2F)c(OC)cc1Cl. The first-order valence-corrected chi connectivity index (χ1v) is 7.97. The van der Waals surface area contributed by atoms with Crippen molar-refractivity contribution in [1.82, 2.24) is 0 Å². The first-order valence-electron chi connectivity index (χ1n) is 6.80. The molecule has 1 amide bonds. The van der Waals surface area contributed by atoms with Crippen molar-refractivity contribution >= 4 is 45.2 Å². The molecule has 0 saturated heterocycles. The molecule has 2 aromatic rings. The van der Waals surface area contributed by atoms with Gasteiger partial charge in [-0.15, -0.1) is 0 Å². The molecule has 7 heteroatoms. The summed E-state index contributed by atoms with van der Waals surface area (Å²) in [7, 11) is 2.93. The van der Waals surface area contributed by atoms with E-state index in [1.54, 1.807) is 18.2 Å². The minimum Gasteiger partial charge on any atom is -0.495 e. The highest BCUT2D eigenvalue weighted by Crippen LogP contribution is 2.35. The fourth-order valence-corrected chi connectivity index (χ4v) is 2.55. The lowest BCUT2D eigenvalue weighted by Crippen LogP contribution is -2.09. The van der Waals surface area contributed by atoms with Crippen molar-refractivity contribution in [3.63, 3.8) is 0 Å². The number of halogens is 3. The average Bonchev–Trinajstić information content (AvgIpc) is 2.56. The van der Waals surface area contributed by atoms with Crippen LogP contribution in [0.25, 0.3) is 6.08 Å². The number of rotatable bonds is 5. The van der Waals surface area contributed by atoms with Gasteiger partial charge in [0, 0.05) is 28.2 Å². The fourth-order valence-electron chi connectivity index (χ4n) is 1.94. The number of amides is 1. The Morgan fingerprint density at radius 3 is 2.58 bits per heavy atom. The highest BCUT2D eigenvalue weighted by molar-refractivity contribution is 9.10. The number of carbonyl (C=O) groups excluding carboxylic acids is 1. The fraction of sp³-hybridized carbons (Fsp3) is 0.118.